The van der Waals surface area contributed by atoms with Crippen molar-refractivity contribution in [3.63, 3.8) is 0 Å². The molecule has 1 aliphatic rings. The second-order valence-corrected chi connectivity index (χ2v) is 4.56. The van der Waals surface area contributed by atoms with Gasteiger partial charge in [-0.1, -0.05) is 6.92 Å². The molecule has 0 spiro atoms. The second-order valence-electron chi connectivity index (χ2n) is 4.56. The molecule has 1 aromatic rings. The number of ether oxygens (including phenoxy) is 2. The lowest BCUT2D eigenvalue weighted by Gasteiger charge is -2.20. The highest BCUT2D eigenvalue weighted by Crippen LogP contribution is 2.13. The zero-order valence-electron chi connectivity index (χ0n) is 11.1. The molecule has 0 aliphatic carbocycles. The van der Waals surface area contributed by atoms with Crippen LogP contribution in [-0.4, -0.2) is 46.9 Å². The fraction of sp³-hybridized carbons (Fsp3) is 0.833. The standard InChI is InChI=1S/C12H22N4O2/c1-3-4-13-10(8-12-17-5-6-18-12)7-11-14-9-15-16(11)2/h9-10,12-13H,3-8H2,1-2H3. The predicted octanol–water partition coefficient (Wildman–Crippen LogP) is 0.489. The highest BCUT2D eigenvalue weighted by molar-refractivity contribution is 4.89. The summed E-state index contributed by atoms with van der Waals surface area (Å²) in [6, 6.07) is 0.316. The Bertz CT molecular complexity index is 350. The summed E-state index contributed by atoms with van der Waals surface area (Å²) in [4.78, 5) is 4.27. The van der Waals surface area contributed by atoms with E-state index in [1.54, 1.807) is 6.33 Å². The molecule has 0 radical (unpaired) electrons. The van der Waals surface area contributed by atoms with Crippen LogP contribution in [0.3, 0.4) is 0 Å². The van der Waals surface area contributed by atoms with Crippen molar-refractivity contribution in [3.05, 3.63) is 12.2 Å². The van der Waals surface area contributed by atoms with Crippen molar-refractivity contribution in [2.45, 2.75) is 38.5 Å². The third-order valence-corrected chi connectivity index (χ3v) is 3.08. The quantitative estimate of drug-likeness (QED) is 0.767. The Morgan fingerprint density at radius 1 is 1.50 bits per heavy atom. The SMILES string of the molecule is CCCNC(Cc1ncnn1C)CC1OCCO1. The maximum absolute atomic E-state index is 5.51. The topological polar surface area (TPSA) is 61.2 Å². The van der Waals surface area contributed by atoms with Gasteiger partial charge in [-0.3, -0.25) is 4.68 Å². The minimum atomic E-state index is -0.0763. The number of hydrogen-bond acceptors (Lipinski definition) is 5. The van der Waals surface area contributed by atoms with Gasteiger partial charge in [-0.15, -0.1) is 0 Å². The minimum Gasteiger partial charge on any atom is -0.350 e. The van der Waals surface area contributed by atoms with Gasteiger partial charge in [0, 0.05) is 25.9 Å². The third kappa shape index (κ3) is 3.76. The Balaban J connectivity index is 1.89. The molecule has 1 atom stereocenters. The second kappa shape index (κ2) is 6.82. The lowest BCUT2D eigenvalue weighted by Crippen LogP contribution is -2.36. The van der Waals surface area contributed by atoms with E-state index < -0.39 is 0 Å². The van der Waals surface area contributed by atoms with E-state index in [0.717, 1.165) is 31.6 Å². The van der Waals surface area contributed by atoms with Crippen molar-refractivity contribution in [2.75, 3.05) is 19.8 Å². The smallest absolute Gasteiger partial charge is 0.159 e. The lowest BCUT2D eigenvalue weighted by molar-refractivity contribution is -0.0527. The Hall–Kier alpha value is -0.980. The number of hydrogen-bond donors (Lipinski definition) is 1. The fourth-order valence-corrected chi connectivity index (χ4v) is 2.09. The first-order chi connectivity index (χ1) is 8.79. The van der Waals surface area contributed by atoms with Crippen molar-refractivity contribution >= 4 is 0 Å². The van der Waals surface area contributed by atoms with Crippen molar-refractivity contribution in [1.29, 1.82) is 0 Å². The molecule has 1 unspecified atom stereocenters. The van der Waals surface area contributed by atoms with Crippen molar-refractivity contribution in [2.24, 2.45) is 7.05 Å². The van der Waals surface area contributed by atoms with E-state index in [0.29, 0.717) is 19.3 Å². The fourth-order valence-electron chi connectivity index (χ4n) is 2.09. The molecule has 6 nitrogen and oxygen atoms in total. The van der Waals surface area contributed by atoms with E-state index >= 15 is 0 Å². The van der Waals surface area contributed by atoms with Crippen LogP contribution >= 0.6 is 0 Å². The van der Waals surface area contributed by atoms with Gasteiger partial charge in [0.1, 0.15) is 12.2 Å². The Kier molecular flexibility index (Phi) is 5.10. The molecule has 1 fully saturated rings. The van der Waals surface area contributed by atoms with Crippen molar-refractivity contribution < 1.29 is 9.47 Å². The summed E-state index contributed by atoms with van der Waals surface area (Å²) in [6.07, 6.45) is 4.33. The van der Waals surface area contributed by atoms with E-state index in [9.17, 15) is 0 Å². The zero-order chi connectivity index (χ0) is 12.8. The summed E-state index contributed by atoms with van der Waals surface area (Å²) >= 11 is 0. The van der Waals surface area contributed by atoms with Crippen LogP contribution in [0.5, 0.6) is 0 Å². The summed E-state index contributed by atoms with van der Waals surface area (Å²) in [5, 5.41) is 7.62. The molecule has 1 N–H and O–H groups in total. The van der Waals surface area contributed by atoms with E-state index in [4.69, 9.17) is 9.47 Å². The van der Waals surface area contributed by atoms with Crippen molar-refractivity contribution in [3.8, 4) is 0 Å². The van der Waals surface area contributed by atoms with Crippen LogP contribution in [0.15, 0.2) is 6.33 Å². The predicted molar refractivity (Wildman–Crippen MR) is 67.1 cm³/mol. The van der Waals surface area contributed by atoms with Crippen LogP contribution in [0.4, 0.5) is 0 Å². The van der Waals surface area contributed by atoms with Crippen LogP contribution in [0, 0.1) is 0 Å². The van der Waals surface area contributed by atoms with Gasteiger partial charge in [0.15, 0.2) is 6.29 Å². The summed E-state index contributed by atoms with van der Waals surface area (Å²) < 4.78 is 12.8. The number of nitrogens with one attached hydrogen (secondary N) is 1. The van der Waals surface area contributed by atoms with Gasteiger partial charge in [0.05, 0.1) is 13.2 Å². The molecule has 6 heteroatoms. The monoisotopic (exact) mass is 254 g/mol. The van der Waals surface area contributed by atoms with Crippen LogP contribution in [-0.2, 0) is 22.9 Å². The molecule has 1 saturated heterocycles. The summed E-state index contributed by atoms with van der Waals surface area (Å²) in [7, 11) is 1.92. The van der Waals surface area contributed by atoms with Gasteiger partial charge < -0.3 is 14.8 Å². The number of nitrogens with zero attached hydrogens (tertiary/aromatic N) is 3. The molecule has 0 aromatic carbocycles. The molecule has 1 aliphatic heterocycles. The molecular weight excluding hydrogens is 232 g/mol. The Morgan fingerprint density at radius 3 is 2.89 bits per heavy atom. The average molecular weight is 254 g/mol. The molecule has 2 heterocycles. The molecule has 0 saturated carbocycles. The van der Waals surface area contributed by atoms with Crippen LogP contribution in [0.2, 0.25) is 0 Å². The highest BCUT2D eigenvalue weighted by atomic mass is 16.7. The minimum absolute atomic E-state index is 0.0763. The highest BCUT2D eigenvalue weighted by Gasteiger charge is 2.22. The van der Waals surface area contributed by atoms with E-state index in [1.807, 2.05) is 11.7 Å². The molecule has 2 rings (SSSR count). The number of aryl methyl sites for hydroxylation is 1. The first kappa shape index (κ1) is 13.5. The van der Waals surface area contributed by atoms with E-state index in [-0.39, 0.29) is 6.29 Å². The van der Waals surface area contributed by atoms with E-state index in [1.165, 1.54) is 0 Å². The summed E-state index contributed by atoms with van der Waals surface area (Å²) in [5.41, 5.74) is 0. The summed E-state index contributed by atoms with van der Waals surface area (Å²) in [6.45, 7) is 4.56. The van der Waals surface area contributed by atoms with Gasteiger partial charge in [0.25, 0.3) is 0 Å². The van der Waals surface area contributed by atoms with Crippen LogP contribution in [0.1, 0.15) is 25.6 Å². The molecule has 0 bridgehead atoms. The van der Waals surface area contributed by atoms with E-state index in [2.05, 4.69) is 22.3 Å². The molecular formula is C12H22N4O2. The van der Waals surface area contributed by atoms with Gasteiger partial charge in [-0.05, 0) is 13.0 Å². The largest absolute Gasteiger partial charge is 0.350 e. The third-order valence-electron chi connectivity index (χ3n) is 3.08. The maximum atomic E-state index is 5.51. The molecule has 102 valence electrons. The van der Waals surface area contributed by atoms with Gasteiger partial charge in [0.2, 0.25) is 0 Å². The zero-order valence-corrected chi connectivity index (χ0v) is 11.1. The normalized spacial score (nSPS) is 18.3. The van der Waals surface area contributed by atoms with Crippen molar-refractivity contribution in [1.82, 2.24) is 20.1 Å². The van der Waals surface area contributed by atoms with Gasteiger partial charge in [-0.2, -0.15) is 5.10 Å². The van der Waals surface area contributed by atoms with Crippen LogP contribution < -0.4 is 5.32 Å². The van der Waals surface area contributed by atoms with Crippen LogP contribution in [0.25, 0.3) is 0 Å². The first-order valence-corrected chi connectivity index (χ1v) is 6.59. The number of aromatic nitrogens is 3. The van der Waals surface area contributed by atoms with Gasteiger partial charge in [-0.25, -0.2) is 4.98 Å². The average Bonchev–Trinajstić information content (AvgIpc) is 2.99. The Labute approximate surface area is 108 Å². The molecule has 0 amide bonds. The summed E-state index contributed by atoms with van der Waals surface area (Å²) in [5.74, 6) is 0.988. The maximum Gasteiger partial charge on any atom is 0.159 e. The van der Waals surface area contributed by atoms with Gasteiger partial charge >= 0.3 is 0 Å². The molecule has 1 aromatic heterocycles. The molecule has 18 heavy (non-hydrogen) atoms. The first-order valence-electron chi connectivity index (χ1n) is 6.59. The Morgan fingerprint density at radius 2 is 2.28 bits per heavy atom. The number of rotatable bonds is 7. The lowest BCUT2D eigenvalue weighted by atomic mass is 10.1.